The lowest BCUT2D eigenvalue weighted by atomic mass is 9.89. The summed E-state index contributed by atoms with van der Waals surface area (Å²) < 4.78 is 37.3. The number of halogens is 3. The van der Waals surface area contributed by atoms with Crippen molar-refractivity contribution in [2.75, 3.05) is 0 Å². The molecular weight excluding hydrogens is 285 g/mol. The summed E-state index contributed by atoms with van der Waals surface area (Å²) >= 11 is 0. The summed E-state index contributed by atoms with van der Waals surface area (Å²) in [7, 11) is 0. The van der Waals surface area contributed by atoms with Gasteiger partial charge in [0.15, 0.2) is 5.78 Å². The van der Waals surface area contributed by atoms with Crippen molar-refractivity contribution in [2.24, 2.45) is 11.8 Å². The van der Waals surface area contributed by atoms with Crippen LogP contribution in [0.2, 0.25) is 0 Å². The predicted molar refractivity (Wildman–Crippen MR) is 68.9 cm³/mol. The first-order chi connectivity index (χ1) is 9.79. The van der Waals surface area contributed by atoms with Gasteiger partial charge in [-0.3, -0.25) is 9.59 Å². The number of carboxylic acid groups (broad SMARTS) is 1. The topological polar surface area (TPSA) is 54.4 Å². The summed E-state index contributed by atoms with van der Waals surface area (Å²) in [5.41, 5.74) is -0.609. The molecule has 1 aliphatic rings. The van der Waals surface area contributed by atoms with Gasteiger partial charge in [0.05, 0.1) is 11.5 Å². The Morgan fingerprint density at radius 2 is 1.76 bits per heavy atom. The van der Waals surface area contributed by atoms with Gasteiger partial charge in [-0.05, 0) is 30.9 Å². The molecule has 0 aliphatic heterocycles. The van der Waals surface area contributed by atoms with Crippen LogP contribution in [0.25, 0.3) is 0 Å². The normalized spacial score (nSPS) is 22.2. The van der Waals surface area contributed by atoms with Crippen LogP contribution >= 0.6 is 0 Å². The van der Waals surface area contributed by atoms with Crippen LogP contribution in [0.4, 0.5) is 13.2 Å². The van der Waals surface area contributed by atoms with Crippen molar-refractivity contribution in [2.45, 2.75) is 31.9 Å². The van der Waals surface area contributed by atoms with Gasteiger partial charge in [-0.15, -0.1) is 0 Å². The van der Waals surface area contributed by atoms with Crippen LogP contribution in [-0.2, 0) is 11.0 Å². The molecule has 0 aromatic heterocycles. The van der Waals surface area contributed by atoms with Crippen LogP contribution in [0.1, 0.15) is 41.6 Å². The number of alkyl halides is 3. The van der Waals surface area contributed by atoms with Gasteiger partial charge in [0.25, 0.3) is 0 Å². The number of carbonyl (C=O) groups excluding carboxylic acids is 1. The van der Waals surface area contributed by atoms with E-state index in [0.29, 0.717) is 12.8 Å². The standard InChI is InChI=1S/C15H15F3O3/c16-15(17,18)11-6-4-9(5-7-11)13(19)8-10-2-1-3-12(10)14(20)21/h4-7,10,12H,1-3,8H2,(H,20,21). The van der Waals surface area contributed by atoms with E-state index in [4.69, 9.17) is 5.11 Å². The SMILES string of the molecule is O=C(CC1CCCC1C(=O)O)c1ccc(C(F)(F)F)cc1. The molecule has 21 heavy (non-hydrogen) atoms. The first kappa shape index (κ1) is 15.5. The quantitative estimate of drug-likeness (QED) is 0.861. The van der Waals surface area contributed by atoms with E-state index >= 15 is 0 Å². The van der Waals surface area contributed by atoms with Gasteiger partial charge in [0, 0.05) is 12.0 Å². The maximum atomic E-state index is 12.4. The first-order valence-electron chi connectivity index (χ1n) is 6.72. The number of rotatable bonds is 4. The highest BCUT2D eigenvalue weighted by molar-refractivity contribution is 5.96. The van der Waals surface area contributed by atoms with E-state index in [9.17, 15) is 22.8 Å². The number of Topliss-reactive ketones (excluding diaryl/α,β-unsaturated/α-hetero) is 1. The average molecular weight is 300 g/mol. The fourth-order valence-electron chi connectivity index (χ4n) is 2.81. The van der Waals surface area contributed by atoms with E-state index in [2.05, 4.69) is 0 Å². The van der Waals surface area contributed by atoms with Gasteiger partial charge in [0.2, 0.25) is 0 Å². The Morgan fingerprint density at radius 3 is 2.29 bits per heavy atom. The van der Waals surface area contributed by atoms with Crippen LogP contribution < -0.4 is 0 Å². The number of aliphatic carboxylic acids is 1. The molecule has 1 fully saturated rings. The summed E-state index contributed by atoms with van der Waals surface area (Å²) in [5, 5.41) is 9.06. The predicted octanol–water partition coefficient (Wildman–Crippen LogP) is 3.78. The molecule has 0 saturated heterocycles. The smallest absolute Gasteiger partial charge is 0.416 e. The van der Waals surface area contributed by atoms with Crippen LogP contribution in [0, 0.1) is 11.8 Å². The monoisotopic (exact) mass is 300 g/mol. The third-order valence-corrected chi connectivity index (χ3v) is 3.96. The average Bonchev–Trinajstić information content (AvgIpc) is 2.86. The largest absolute Gasteiger partial charge is 0.481 e. The molecule has 0 radical (unpaired) electrons. The molecule has 0 spiro atoms. The molecule has 1 aromatic rings. The lowest BCUT2D eigenvalue weighted by Gasteiger charge is -2.15. The van der Waals surface area contributed by atoms with E-state index < -0.39 is 23.6 Å². The van der Waals surface area contributed by atoms with Crippen molar-refractivity contribution in [1.82, 2.24) is 0 Å². The lowest BCUT2D eigenvalue weighted by Crippen LogP contribution is -2.21. The van der Waals surface area contributed by atoms with Gasteiger partial charge < -0.3 is 5.11 Å². The molecule has 3 nitrogen and oxygen atoms in total. The Morgan fingerprint density at radius 1 is 1.14 bits per heavy atom. The van der Waals surface area contributed by atoms with Gasteiger partial charge >= 0.3 is 12.1 Å². The molecule has 1 saturated carbocycles. The minimum atomic E-state index is -4.43. The van der Waals surface area contributed by atoms with Crippen molar-refractivity contribution in [3.8, 4) is 0 Å². The number of hydrogen-bond donors (Lipinski definition) is 1. The van der Waals surface area contributed by atoms with E-state index in [1.807, 2.05) is 0 Å². The highest BCUT2D eigenvalue weighted by Crippen LogP contribution is 2.35. The number of ketones is 1. The van der Waals surface area contributed by atoms with Gasteiger partial charge in [-0.1, -0.05) is 18.6 Å². The van der Waals surface area contributed by atoms with Crippen LogP contribution in [0.15, 0.2) is 24.3 Å². The van der Waals surface area contributed by atoms with Crippen LogP contribution in [0.3, 0.4) is 0 Å². The van der Waals surface area contributed by atoms with Crippen molar-refractivity contribution < 1.29 is 27.9 Å². The Kier molecular flexibility index (Phi) is 4.34. The van der Waals surface area contributed by atoms with Crippen LogP contribution in [-0.4, -0.2) is 16.9 Å². The third-order valence-electron chi connectivity index (χ3n) is 3.96. The number of hydrogen-bond acceptors (Lipinski definition) is 2. The number of benzene rings is 1. The molecule has 6 heteroatoms. The molecule has 2 unspecified atom stereocenters. The van der Waals surface area contributed by atoms with Gasteiger partial charge in [0.1, 0.15) is 0 Å². The highest BCUT2D eigenvalue weighted by atomic mass is 19.4. The Labute approximate surface area is 119 Å². The summed E-state index contributed by atoms with van der Waals surface area (Å²) in [6.45, 7) is 0. The molecule has 1 N–H and O–H groups in total. The lowest BCUT2D eigenvalue weighted by molar-refractivity contribution is -0.143. The number of carbonyl (C=O) groups is 2. The molecule has 0 bridgehead atoms. The third kappa shape index (κ3) is 3.62. The fourth-order valence-corrected chi connectivity index (χ4v) is 2.81. The van der Waals surface area contributed by atoms with E-state index in [1.165, 1.54) is 0 Å². The molecule has 0 heterocycles. The second-order valence-electron chi connectivity index (χ2n) is 5.34. The summed E-state index contributed by atoms with van der Waals surface area (Å²) in [5.74, 6) is -1.96. The van der Waals surface area contributed by atoms with Crippen molar-refractivity contribution in [1.29, 1.82) is 0 Å². The molecule has 1 aromatic carbocycles. The number of carboxylic acids is 1. The molecule has 2 atom stereocenters. The second kappa shape index (κ2) is 5.87. The summed E-state index contributed by atoms with van der Waals surface area (Å²) in [6, 6.07) is 4.04. The zero-order valence-corrected chi connectivity index (χ0v) is 11.2. The second-order valence-corrected chi connectivity index (χ2v) is 5.34. The van der Waals surface area contributed by atoms with Crippen LogP contribution in [0.5, 0.6) is 0 Å². The molecule has 0 amide bonds. The fraction of sp³-hybridized carbons (Fsp3) is 0.467. The molecular formula is C15H15F3O3. The Bertz CT molecular complexity index is 534. The van der Waals surface area contributed by atoms with E-state index in [-0.39, 0.29) is 23.7 Å². The van der Waals surface area contributed by atoms with Gasteiger partial charge in [-0.2, -0.15) is 13.2 Å². The minimum absolute atomic E-state index is 0.0718. The molecule has 114 valence electrons. The summed E-state index contributed by atoms with van der Waals surface area (Å²) in [4.78, 5) is 23.1. The minimum Gasteiger partial charge on any atom is -0.481 e. The molecule has 1 aliphatic carbocycles. The van der Waals surface area contributed by atoms with E-state index in [1.54, 1.807) is 0 Å². The van der Waals surface area contributed by atoms with Crippen molar-refractivity contribution in [3.05, 3.63) is 35.4 Å². The molecule has 2 rings (SSSR count). The zero-order valence-electron chi connectivity index (χ0n) is 11.2. The Hall–Kier alpha value is -1.85. The van der Waals surface area contributed by atoms with Crippen molar-refractivity contribution >= 4 is 11.8 Å². The van der Waals surface area contributed by atoms with Gasteiger partial charge in [-0.25, -0.2) is 0 Å². The maximum Gasteiger partial charge on any atom is 0.416 e. The Balaban J connectivity index is 2.05. The maximum absolute atomic E-state index is 12.4. The van der Waals surface area contributed by atoms with E-state index in [0.717, 1.165) is 30.7 Å². The van der Waals surface area contributed by atoms with Crippen molar-refractivity contribution in [3.63, 3.8) is 0 Å². The highest BCUT2D eigenvalue weighted by Gasteiger charge is 2.34. The summed E-state index contributed by atoms with van der Waals surface area (Å²) in [6.07, 6.45) is -2.37. The first-order valence-corrected chi connectivity index (χ1v) is 6.72. The zero-order chi connectivity index (χ0) is 15.6.